The number of nitrogens with one attached hydrogen (secondary N) is 1. The topological polar surface area (TPSA) is 15.3 Å². The molecule has 0 spiro atoms. The molecule has 2 heteroatoms. The highest BCUT2D eigenvalue weighted by molar-refractivity contribution is 4.72. The third-order valence-electron chi connectivity index (χ3n) is 2.80. The number of likely N-dealkylation sites (N-methyl/N-ethyl adjacent to an activating group) is 1. The molecule has 0 saturated heterocycles. The average molecular weight is 214 g/mol. The Labute approximate surface area is 96.4 Å². The third kappa shape index (κ3) is 8.88. The van der Waals surface area contributed by atoms with E-state index in [0.29, 0.717) is 6.04 Å². The van der Waals surface area contributed by atoms with Gasteiger partial charge in [-0.2, -0.15) is 0 Å². The summed E-state index contributed by atoms with van der Waals surface area (Å²) in [5.74, 6) is 0.721. The van der Waals surface area contributed by atoms with Crippen molar-refractivity contribution in [2.75, 3.05) is 27.2 Å². The van der Waals surface area contributed by atoms with E-state index in [9.17, 15) is 0 Å². The first-order valence-electron chi connectivity index (χ1n) is 6.46. The lowest BCUT2D eigenvalue weighted by molar-refractivity contribution is 0.288. The summed E-state index contributed by atoms with van der Waals surface area (Å²) in [6.45, 7) is 9.18. The second kappa shape index (κ2) is 9.17. The lowest BCUT2D eigenvalue weighted by atomic mass is 10.0. The molecule has 0 rings (SSSR count). The summed E-state index contributed by atoms with van der Waals surface area (Å²) < 4.78 is 0. The van der Waals surface area contributed by atoms with Gasteiger partial charge in [-0.15, -0.1) is 0 Å². The molecule has 1 N–H and O–H groups in total. The second-order valence-corrected chi connectivity index (χ2v) is 5.13. The molecule has 0 aromatic heterocycles. The molecule has 92 valence electrons. The largest absolute Gasteiger partial charge is 0.312 e. The molecule has 1 unspecified atom stereocenters. The molecule has 0 heterocycles. The van der Waals surface area contributed by atoms with Gasteiger partial charge in [0.1, 0.15) is 0 Å². The van der Waals surface area contributed by atoms with Gasteiger partial charge in [0.15, 0.2) is 0 Å². The van der Waals surface area contributed by atoms with Crippen molar-refractivity contribution in [1.82, 2.24) is 10.2 Å². The quantitative estimate of drug-likeness (QED) is 0.594. The fourth-order valence-electron chi connectivity index (χ4n) is 1.74. The van der Waals surface area contributed by atoms with Crippen LogP contribution in [0.2, 0.25) is 0 Å². The monoisotopic (exact) mass is 214 g/mol. The molecule has 0 fully saturated rings. The summed E-state index contributed by atoms with van der Waals surface area (Å²) in [6, 6.07) is 0.640. The molecule has 0 saturated carbocycles. The minimum Gasteiger partial charge on any atom is -0.312 e. The maximum absolute atomic E-state index is 3.67. The van der Waals surface area contributed by atoms with E-state index in [1.54, 1.807) is 0 Å². The van der Waals surface area contributed by atoms with E-state index in [4.69, 9.17) is 0 Å². The summed E-state index contributed by atoms with van der Waals surface area (Å²) in [5, 5.41) is 3.67. The molecule has 0 bridgehead atoms. The van der Waals surface area contributed by atoms with Gasteiger partial charge in [-0.3, -0.25) is 0 Å². The van der Waals surface area contributed by atoms with Crippen molar-refractivity contribution in [1.29, 1.82) is 0 Å². The molecule has 0 aromatic carbocycles. The van der Waals surface area contributed by atoms with Gasteiger partial charge in [0.25, 0.3) is 0 Å². The maximum Gasteiger partial charge on any atom is 0.0217 e. The molecule has 1 atom stereocenters. The van der Waals surface area contributed by atoms with Gasteiger partial charge in [0, 0.05) is 12.6 Å². The van der Waals surface area contributed by atoms with Crippen LogP contribution in [0.5, 0.6) is 0 Å². The SMILES string of the molecule is CCCCCCNC(CN(C)C)C(C)C. The zero-order valence-electron chi connectivity index (χ0n) is 11.3. The predicted molar refractivity (Wildman–Crippen MR) is 69.3 cm³/mol. The zero-order chi connectivity index (χ0) is 11.7. The van der Waals surface area contributed by atoms with Gasteiger partial charge in [-0.1, -0.05) is 40.0 Å². The Balaban J connectivity index is 3.58. The van der Waals surface area contributed by atoms with Crippen LogP contribution < -0.4 is 5.32 Å². The van der Waals surface area contributed by atoms with Crippen LogP contribution in [0, 0.1) is 5.92 Å². The van der Waals surface area contributed by atoms with Crippen LogP contribution in [0.15, 0.2) is 0 Å². The number of hydrogen-bond acceptors (Lipinski definition) is 2. The van der Waals surface area contributed by atoms with Crippen molar-refractivity contribution in [3.8, 4) is 0 Å². The van der Waals surface area contributed by atoms with Crippen LogP contribution in [0.25, 0.3) is 0 Å². The molecule has 0 aliphatic heterocycles. The van der Waals surface area contributed by atoms with E-state index in [1.165, 1.54) is 32.2 Å². The number of nitrogens with zero attached hydrogens (tertiary/aromatic N) is 1. The maximum atomic E-state index is 3.67. The Kier molecular flexibility index (Phi) is 9.12. The van der Waals surface area contributed by atoms with Crippen LogP contribution in [0.1, 0.15) is 46.5 Å². The standard InChI is InChI=1S/C13H30N2/c1-6-7-8-9-10-14-13(12(2)3)11-15(4)5/h12-14H,6-11H2,1-5H3. The van der Waals surface area contributed by atoms with Gasteiger partial charge in [0.05, 0.1) is 0 Å². The third-order valence-corrected chi connectivity index (χ3v) is 2.80. The Morgan fingerprint density at radius 2 is 1.73 bits per heavy atom. The van der Waals surface area contributed by atoms with Crippen molar-refractivity contribution in [2.45, 2.75) is 52.5 Å². The minimum absolute atomic E-state index is 0.640. The van der Waals surface area contributed by atoms with E-state index >= 15 is 0 Å². The van der Waals surface area contributed by atoms with E-state index in [1.807, 2.05) is 0 Å². The number of hydrogen-bond donors (Lipinski definition) is 1. The first-order chi connectivity index (χ1) is 7.07. The zero-order valence-corrected chi connectivity index (χ0v) is 11.3. The highest BCUT2D eigenvalue weighted by atomic mass is 15.1. The van der Waals surface area contributed by atoms with Crippen molar-refractivity contribution in [3.63, 3.8) is 0 Å². The number of unbranched alkanes of at least 4 members (excludes halogenated alkanes) is 3. The smallest absolute Gasteiger partial charge is 0.0217 e. The van der Waals surface area contributed by atoms with Crippen molar-refractivity contribution >= 4 is 0 Å². The molecular formula is C13H30N2. The van der Waals surface area contributed by atoms with E-state index < -0.39 is 0 Å². The van der Waals surface area contributed by atoms with Gasteiger partial charge in [-0.25, -0.2) is 0 Å². The Morgan fingerprint density at radius 3 is 2.20 bits per heavy atom. The van der Waals surface area contributed by atoms with Gasteiger partial charge in [0.2, 0.25) is 0 Å². The fraction of sp³-hybridized carbons (Fsp3) is 1.00. The van der Waals surface area contributed by atoms with Gasteiger partial charge >= 0.3 is 0 Å². The summed E-state index contributed by atoms with van der Waals surface area (Å²) in [7, 11) is 4.29. The highest BCUT2D eigenvalue weighted by Crippen LogP contribution is 2.04. The molecular weight excluding hydrogens is 184 g/mol. The number of rotatable bonds is 9. The first kappa shape index (κ1) is 14.9. The van der Waals surface area contributed by atoms with E-state index in [-0.39, 0.29) is 0 Å². The lowest BCUT2D eigenvalue weighted by Crippen LogP contribution is -2.42. The molecule has 0 amide bonds. The summed E-state index contributed by atoms with van der Waals surface area (Å²) in [4.78, 5) is 2.27. The fourth-order valence-corrected chi connectivity index (χ4v) is 1.74. The molecule has 0 aromatic rings. The molecule has 15 heavy (non-hydrogen) atoms. The Hall–Kier alpha value is -0.0800. The van der Waals surface area contributed by atoms with Crippen LogP contribution in [-0.2, 0) is 0 Å². The van der Waals surface area contributed by atoms with Crippen LogP contribution in [-0.4, -0.2) is 38.1 Å². The van der Waals surface area contributed by atoms with E-state index in [2.05, 4.69) is 45.1 Å². The molecule has 0 aliphatic carbocycles. The summed E-state index contributed by atoms with van der Waals surface area (Å²) in [6.07, 6.45) is 5.40. The van der Waals surface area contributed by atoms with Crippen molar-refractivity contribution in [3.05, 3.63) is 0 Å². The van der Waals surface area contributed by atoms with Crippen LogP contribution >= 0.6 is 0 Å². The molecule has 2 nitrogen and oxygen atoms in total. The first-order valence-corrected chi connectivity index (χ1v) is 6.46. The Bertz CT molecular complexity index is 132. The Morgan fingerprint density at radius 1 is 1.07 bits per heavy atom. The molecule has 0 aliphatic rings. The van der Waals surface area contributed by atoms with Crippen LogP contribution in [0.4, 0.5) is 0 Å². The van der Waals surface area contributed by atoms with Crippen LogP contribution in [0.3, 0.4) is 0 Å². The normalized spacial score (nSPS) is 13.8. The van der Waals surface area contributed by atoms with Gasteiger partial charge < -0.3 is 10.2 Å². The highest BCUT2D eigenvalue weighted by Gasteiger charge is 2.12. The summed E-state index contributed by atoms with van der Waals surface area (Å²) in [5.41, 5.74) is 0. The second-order valence-electron chi connectivity index (χ2n) is 5.13. The van der Waals surface area contributed by atoms with E-state index in [0.717, 1.165) is 12.5 Å². The average Bonchev–Trinajstić information content (AvgIpc) is 2.15. The van der Waals surface area contributed by atoms with Crippen molar-refractivity contribution < 1.29 is 0 Å². The minimum atomic E-state index is 0.640. The van der Waals surface area contributed by atoms with Gasteiger partial charge in [-0.05, 0) is 33.0 Å². The lowest BCUT2D eigenvalue weighted by Gasteiger charge is -2.25. The summed E-state index contributed by atoms with van der Waals surface area (Å²) >= 11 is 0. The predicted octanol–water partition coefficient (Wildman–Crippen LogP) is 2.74. The molecule has 0 radical (unpaired) electrons. The van der Waals surface area contributed by atoms with Crippen molar-refractivity contribution in [2.24, 2.45) is 5.92 Å².